The van der Waals surface area contributed by atoms with Crippen LogP contribution in [-0.4, -0.2) is 11.7 Å². The van der Waals surface area contributed by atoms with E-state index in [9.17, 15) is 0 Å². The molecule has 1 aliphatic carbocycles. The highest BCUT2D eigenvalue weighted by Crippen LogP contribution is 2.28. The fourth-order valence-electron chi connectivity index (χ4n) is 1.22. The Morgan fingerprint density at radius 3 is 2.70 bits per heavy atom. The largest absolute Gasteiger partial charge is 0.392 e. The van der Waals surface area contributed by atoms with Crippen LogP contribution >= 0.6 is 0 Å². The van der Waals surface area contributed by atoms with E-state index in [0.717, 1.165) is 12.0 Å². The third kappa shape index (κ3) is 1.71. The van der Waals surface area contributed by atoms with Crippen molar-refractivity contribution in [2.45, 2.75) is 20.3 Å². The number of hydrogen-bond donors (Lipinski definition) is 1. The predicted molar refractivity (Wildman–Crippen MR) is 42.7 cm³/mol. The van der Waals surface area contributed by atoms with Gasteiger partial charge in [0.05, 0.1) is 6.61 Å². The average molecular weight is 138 g/mol. The Kier molecular flexibility index (Phi) is 1.95. The quantitative estimate of drug-likeness (QED) is 0.586. The number of allylic oxidation sites excluding steroid dienone is 2. The standard InChI is InChI=1S/C9H14O/c1-9(2)5-3-4-8(6-9)7-10/h3-4,6,10H,5,7H2,1-2H3. The summed E-state index contributed by atoms with van der Waals surface area (Å²) in [5.74, 6) is 0. The Balaban J connectivity index is 2.75. The zero-order valence-electron chi connectivity index (χ0n) is 6.59. The van der Waals surface area contributed by atoms with Crippen molar-refractivity contribution in [3.63, 3.8) is 0 Å². The maximum Gasteiger partial charge on any atom is 0.0678 e. The minimum Gasteiger partial charge on any atom is -0.392 e. The van der Waals surface area contributed by atoms with Crippen LogP contribution in [-0.2, 0) is 0 Å². The van der Waals surface area contributed by atoms with Gasteiger partial charge in [0.25, 0.3) is 0 Å². The van der Waals surface area contributed by atoms with Gasteiger partial charge < -0.3 is 5.11 Å². The molecule has 1 nitrogen and oxygen atoms in total. The maximum absolute atomic E-state index is 8.80. The van der Waals surface area contributed by atoms with E-state index in [2.05, 4.69) is 26.0 Å². The molecule has 1 N–H and O–H groups in total. The topological polar surface area (TPSA) is 20.2 Å². The van der Waals surface area contributed by atoms with E-state index in [4.69, 9.17) is 5.11 Å². The molecule has 0 spiro atoms. The minimum atomic E-state index is 0.167. The van der Waals surface area contributed by atoms with Gasteiger partial charge in [0, 0.05) is 0 Å². The summed E-state index contributed by atoms with van der Waals surface area (Å²) in [4.78, 5) is 0. The van der Waals surface area contributed by atoms with Crippen LogP contribution < -0.4 is 0 Å². The molecule has 0 fully saturated rings. The monoisotopic (exact) mass is 138 g/mol. The lowest BCUT2D eigenvalue weighted by atomic mass is 9.84. The highest BCUT2D eigenvalue weighted by atomic mass is 16.3. The molecule has 0 saturated carbocycles. The maximum atomic E-state index is 8.80. The molecule has 56 valence electrons. The molecule has 10 heavy (non-hydrogen) atoms. The van der Waals surface area contributed by atoms with Crippen LogP contribution in [0.1, 0.15) is 20.3 Å². The van der Waals surface area contributed by atoms with Crippen LogP contribution in [0.5, 0.6) is 0 Å². The van der Waals surface area contributed by atoms with Gasteiger partial charge in [-0.3, -0.25) is 0 Å². The lowest BCUT2D eigenvalue weighted by Gasteiger charge is -2.22. The fourth-order valence-corrected chi connectivity index (χ4v) is 1.22. The zero-order valence-corrected chi connectivity index (χ0v) is 6.59. The first-order chi connectivity index (χ1) is 4.64. The summed E-state index contributed by atoms with van der Waals surface area (Å²) >= 11 is 0. The molecule has 0 unspecified atom stereocenters. The van der Waals surface area contributed by atoms with Crippen LogP contribution in [0, 0.1) is 5.41 Å². The van der Waals surface area contributed by atoms with Gasteiger partial charge in [-0.2, -0.15) is 0 Å². The fraction of sp³-hybridized carbons (Fsp3) is 0.556. The third-order valence-electron chi connectivity index (χ3n) is 1.73. The van der Waals surface area contributed by atoms with Gasteiger partial charge in [-0.1, -0.05) is 32.1 Å². The molecular formula is C9H14O. The van der Waals surface area contributed by atoms with Crippen LogP contribution in [0.2, 0.25) is 0 Å². The second-order valence-corrected chi connectivity index (χ2v) is 3.47. The van der Waals surface area contributed by atoms with Gasteiger partial charge in [-0.15, -0.1) is 0 Å². The van der Waals surface area contributed by atoms with Crippen molar-refractivity contribution < 1.29 is 5.11 Å². The van der Waals surface area contributed by atoms with Gasteiger partial charge in [0.15, 0.2) is 0 Å². The Bertz CT molecular complexity index is 175. The Morgan fingerprint density at radius 1 is 1.60 bits per heavy atom. The lowest BCUT2D eigenvalue weighted by Crippen LogP contribution is -2.10. The molecular weight excluding hydrogens is 124 g/mol. The summed E-state index contributed by atoms with van der Waals surface area (Å²) < 4.78 is 0. The zero-order chi connectivity index (χ0) is 7.61. The summed E-state index contributed by atoms with van der Waals surface area (Å²) in [5.41, 5.74) is 1.28. The molecule has 0 radical (unpaired) electrons. The molecule has 0 atom stereocenters. The van der Waals surface area contributed by atoms with Gasteiger partial charge >= 0.3 is 0 Å². The second kappa shape index (κ2) is 2.59. The molecule has 1 rings (SSSR count). The Morgan fingerprint density at radius 2 is 2.30 bits per heavy atom. The number of hydrogen-bond acceptors (Lipinski definition) is 1. The molecule has 1 aliphatic rings. The molecule has 0 aromatic heterocycles. The van der Waals surface area contributed by atoms with E-state index < -0.39 is 0 Å². The van der Waals surface area contributed by atoms with E-state index in [0.29, 0.717) is 0 Å². The van der Waals surface area contributed by atoms with Crippen LogP contribution in [0.25, 0.3) is 0 Å². The number of aliphatic hydroxyl groups excluding tert-OH is 1. The number of rotatable bonds is 1. The van der Waals surface area contributed by atoms with Crippen molar-refractivity contribution >= 4 is 0 Å². The highest BCUT2D eigenvalue weighted by Gasteiger charge is 2.15. The minimum absolute atomic E-state index is 0.167. The first-order valence-corrected chi connectivity index (χ1v) is 3.63. The first-order valence-electron chi connectivity index (χ1n) is 3.63. The molecule has 0 amide bonds. The lowest BCUT2D eigenvalue weighted by molar-refractivity contribution is 0.329. The van der Waals surface area contributed by atoms with E-state index in [1.165, 1.54) is 0 Å². The van der Waals surface area contributed by atoms with Crippen molar-refractivity contribution in [1.29, 1.82) is 0 Å². The van der Waals surface area contributed by atoms with Crippen molar-refractivity contribution in [3.05, 3.63) is 23.8 Å². The normalized spacial score (nSPS) is 22.5. The molecule has 0 aromatic rings. The van der Waals surface area contributed by atoms with E-state index in [1.54, 1.807) is 0 Å². The van der Waals surface area contributed by atoms with Crippen molar-refractivity contribution in [2.24, 2.45) is 5.41 Å². The molecule has 1 heteroatoms. The van der Waals surface area contributed by atoms with E-state index in [-0.39, 0.29) is 12.0 Å². The van der Waals surface area contributed by atoms with Crippen LogP contribution in [0.4, 0.5) is 0 Å². The highest BCUT2D eigenvalue weighted by molar-refractivity contribution is 5.26. The summed E-state index contributed by atoms with van der Waals surface area (Å²) in [6.07, 6.45) is 7.32. The summed E-state index contributed by atoms with van der Waals surface area (Å²) in [6, 6.07) is 0. The van der Waals surface area contributed by atoms with E-state index >= 15 is 0 Å². The Hall–Kier alpha value is -0.560. The predicted octanol–water partition coefficient (Wildman–Crippen LogP) is 1.89. The van der Waals surface area contributed by atoms with Crippen molar-refractivity contribution in [2.75, 3.05) is 6.61 Å². The Labute approximate surface area is 62.1 Å². The second-order valence-electron chi connectivity index (χ2n) is 3.47. The summed E-state index contributed by atoms with van der Waals surface area (Å²) in [7, 11) is 0. The van der Waals surface area contributed by atoms with Crippen molar-refractivity contribution in [1.82, 2.24) is 0 Å². The number of aliphatic hydroxyl groups is 1. The van der Waals surface area contributed by atoms with Gasteiger partial charge in [0.1, 0.15) is 0 Å². The molecule has 0 heterocycles. The average Bonchev–Trinajstić information content (AvgIpc) is 1.86. The smallest absolute Gasteiger partial charge is 0.0678 e. The SMILES string of the molecule is CC1(C)C=C(CO)C=CC1. The van der Waals surface area contributed by atoms with Crippen LogP contribution in [0.15, 0.2) is 23.8 Å². The molecule has 0 aromatic carbocycles. The third-order valence-corrected chi connectivity index (χ3v) is 1.73. The van der Waals surface area contributed by atoms with Gasteiger partial charge in [0.2, 0.25) is 0 Å². The van der Waals surface area contributed by atoms with E-state index in [1.807, 2.05) is 6.08 Å². The van der Waals surface area contributed by atoms with Gasteiger partial charge in [-0.05, 0) is 17.4 Å². The molecule has 0 bridgehead atoms. The summed E-state index contributed by atoms with van der Waals surface area (Å²) in [5, 5.41) is 8.80. The molecule has 0 aliphatic heterocycles. The first kappa shape index (κ1) is 7.55. The van der Waals surface area contributed by atoms with Crippen LogP contribution in [0.3, 0.4) is 0 Å². The van der Waals surface area contributed by atoms with Gasteiger partial charge in [-0.25, -0.2) is 0 Å². The van der Waals surface area contributed by atoms with Crippen molar-refractivity contribution in [3.8, 4) is 0 Å². The molecule has 0 saturated heterocycles. The summed E-state index contributed by atoms with van der Waals surface area (Å²) in [6.45, 7) is 4.51.